The molecule has 0 bridgehead atoms. The second-order valence-corrected chi connectivity index (χ2v) is 4.76. The van der Waals surface area contributed by atoms with Gasteiger partial charge in [0.1, 0.15) is 12.4 Å². The number of aryl methyl sites for hydroxylation is 1. The first kappa shape index (κ1) is 12.7. The van der Waals surface area contributed by atoms with Gasteiger partial charge in [-0.15, -0.1) is 0 Å². The third-order valence-corrected chi connectivity index (χ3v) is 3.12. The molecule has 3 rings (SSSR count). The third-order valence-electron chi connectivity index (χ3n) is 3.12. The van der Waals surface area contributed by atoms with E-state index in [-0.39, 0.29) is 6.10 Å². The van der Waals surface area contributed by atoms with Crippen molar-refractivity contribution in [2.24, 2.45) is 0 Å². The van der Waals surface area contributed by atoms with E-state index in [1.165, 1.54) is 0 Å². The van der Waals surface area contributed by atoms with Crippen molar-refractivity contribution < 1.29 is 9.47 Å². The Morgan fingerprint density at radius 1 is 1.25 bits per heavy atom. The highest BCUT2D eigenvalue weighted by Gasteiger charge is 2.25. The predicted molar refractivity (Wildman–Crippen MR) is 75.7 cm³/mol. The molecule has 2 N–H and O–H groups in total. The van der Waals surface area contributed by atoms with Crippen molar-refractivity contribution in [1.82, 2.24) is 9.97 Å². The number of hydrogen-bond donors (Lipinski definition) is 1. The van der Waals surface area contributed by atoms with Gasteiger partial charge in [0.05, 0.1) is 0 Å². The van der Waals surface area contributed by atoms with Crippen LogP contribution in [0.1, 0.15) is 31.0 Å². The minimum Gasteiger partial charge on any atom is -0.485 e. The van der Waals surface area contributed by atoms with Crippen LogP contribution in [0.5, 0.6) is 11.5 Å². The summed E-state index contributed by atoms with van der Waals surface area (Å²) in [5.41, 5.74) is 6.79. The zero-order chi connectivity index (χ0) is 13.9. The Labute approximate surface area is 117 Å². The molecule has 2 aromatic rings. The molecule has 1 aromatic heterocycles. The molecule has 5 nitrogen and oxygen atoms in total. The molecule has 5 heteroatoms. The first-order valence-corrected chi connectivity index (χ1v) is 6.78. The molecule has 1 atom stereocenters. The number of aromatic nitrogens is 2. The van der Waals surface area contributed by atoms with Crippen molar-refractivity contribution in [2.75, 3.05) is 12.3 Å². The molecule has 0 saturated heterocycles. The normalized spacial score (nSPS) is 16.9. The maximum Gasteiger partial charge on any atom is 0.192 e. The molecule has 1 aliphatic rings. The molecule has 1 aromatic carbocycles. The predicted octanol–water partition coefficient (Wildman–Crippen LogP) is 2.52. The summed E-state index contributed by atoms with van der Waals surface area (Å²) in [7, 11) is 0. The summed E-state index contributed by atoms with van der Waals surface area (Å²) in [6.07, 6.45) is 1.58. The van der Waals surface area contributed by atoms with Crippen molar-refractivity contribution in [3.63, 3.8) is 0 Å². The Hall–Kier alpha value is -2.30. The number of rotatable bonds is 3. The molecule has 20 heavy (non-hydrogen) atoms. The van der Waals surface area contributed by atoms with Crippen LogP contribution in [0, 0.1) is 0 Å². The Balaban J connectivity index is 1.87. The maximum atomic E-state index is 5.90. The molecule has 0 aliphatic carbocycles. The summed E-state index contributed by atoms with van der Waals surface area (Å²) < 4.78 is 11.6. The molecule has 0 spiro atoms. The van der Waals surface area contributed by atoms with E-state index >= 15 is 0 Å². The van der Waals surface area contributed by atoms with E-state index < -0.39 is 0 Å². The summed E-state index contributed by atoms with van der Waals surface area (Å²) in [5, 5.41) is 0. The average Bonchev–Trinajstić information content (AvgIpc) is 2.46. The first-order valence-electron chi connectivity index (χ1n) is 6.78. The van der Waals surface area contributed by atoms with Gasteiger partial charge in [-0.3, -0.25) is 0 Å². The van der Waals surface area contributed by atoms with Crippen molar-refractivity contribution in [1.29, 1.82) is 0 Å². The minimum absolute atomic E-state index is 0.316. The minimum atomic E-state index is -0.316. The van der Waals surface area contributed by atoms with Crippen LogP contribution in [0.25, 0.3) is 0 Å². The fourth-order valence-electron chi connectivity index (χ4n) is 2.21. The molecule has 0 radical (unpaired) electrons. The van der Waals surface area contributed by atoms with Gasteiger partial charge in [-0.2, -0.15) is 0 Å². The molecule has 0 saturated carbocycles. The number of nitrogen functional groups attached to an aromatic ring is 1. The topological polar surface area (TPSA) is 70.3 Å². The van der Waals surface area contributed by atoms with Crippen molar-refractivity contribution in [3.05, 3.63) is 41.9 Å². The van der Waals surface area contributed by atoms with Crippen molar-refractivity contribution in [3.8, 4) is 11.5 Å². The van der Waals surface area contributed by atoms with Crippen LogP contribution in [0.2, 0.25) is 0 Å². The fraction of sp³-hybridized carbons (Fsp3) is 0.333. The third kappa shape index (κ3) is 2.52. The van der Waals surface area contributed by atoms with Gasteiger partial charge >= 0.3 is 0 Å². The molecular formula is C15H17N3O2. The lowest BCUT2D eigenvalue weighted by Gasteiger charge is -2.25. The van der Waals surface area contributed by atoms with E-state index in [0.717, 1.165) is 24.3 Å². The summed E-state index contributed by atoms with van der Waals surface area (Å²) in [6.45, 7) is 2.50. The van der Waals surface area contributed by atoms with E-state index in [1.54, 1.807) is 0 Å². The number of fused-ring (bicyclic) bond motifs is 1. The second-order valence-electron chi connectivity index (χ2n) is 4.76. The lowest BCUT2D eigenvalue weighted by molar-refractivity contribution is 0.0850. The van der Waals surface area contributed by atoms with E-state index in [4.69, 9.17) is 15.2 Å². The Kier molecular flexibility index (Phi) is 3.41. The number of ether oxygens (including phenoxy) is 2. The van der Waals surface area contributed by atoms with Gasteiger partial charge in [0.25, 0.3) is 0 Å². The molecule has 2 heterocycles. The second kappa shape index (κ2) is 5.36. The monoisotopic (exact) mass is 271 g/mol. The maximum absolute atomic E-state index is 5.90. The van der Waals surface area contributed by atoms with Gasteiger partial charge in [-0.1, -0.05) is 25.5 Å². The summed E-state index contributed by atoms with van der Waals surface area (Å²) in [4.78, 5) is 8.80. The smallest absolute Gasteiger partial charge is 0.192 e. The van der Waals surface area contributed by atoms with Crippen LogP contribution in [0.15, 0.2) is 30.3 Å². The summed E-state index contributed by atoms with van der Waals surface area (Å²) in [5.74, 6) is 2.53. The number of nitrogens with two attached hydrogens (primary N) is 1. The van der Waals surface area contributed by atoms with Crippen LogP contribution in [-0.2, 0) is 6.42 Å². The van der Waals surface area contributed by atoms with Crippen molar-refractivity contribution >= 4 is 5.82 Å². The highest BCUT2D eigenvalue weighted by atomic mass is 16.6. The van der Waals surface area contributed by atoms with Gasteiger partial charge in [0.2, 0.25) is 0 Å². The largest absolute Gasteiger partial charge is 0.485 e. The molecule has 1 unspecified atom stereocenters. The first-order chi connectivity index (χ1) is 9.76. The SMILES string of the molecule is CCCc1cc(N)nc(C2COc3ccccc3O2)n1. The number of hydrogen-bond acceptors (Lipinski definition) is 5. The van der Waals surface area contributed by atoms with E-state index in [2.05, 4.69) is 16.9 Å². The van der Waals surface area contributed by atoms with Gasteiger partial charge in [-0.25, -0.2) is 9.97 Å². The number of para-hydroxylation sites is 2. The Bertz CT molecular complexity index is 616. The van der Waals surface area contributed by atoms with Crippen LogP contribution in [0.4, 0.5) is 5.82 Å². The number of nitrogens with zero attached hydrogens (tertiary/aromatic N) is 2. The Morgan fingerprint density at radius 2 is 2.05 bits per heavy atom. The Morgan fingerprint density at radius 3 is 2.85 bits per heavy atom. The van der Waals surface area contributed by atoms with E-state index in [1.807, 2.05) is 30.3 Å². The standard InChI is InChI=1S/C15H17N3O2/c1-2-5-10-8-14(16)18-15(17-10)13-9-19-11-6-3-4-7-12(11)20-13/h3-4,6-8,13H,2,5,9H2,1H3,(H2,16,17,18). The van der Waals surface area contributed by atoms with Gasteiger partial charge in [-0.05, 0) is 18.6 Å². The zero-order valence-electron chi connectivity index (χ0n) is 11.4. The fourth-order valence-corrected chi connectivity index (χ4v) is 2.21. The quantitative estimate of drug-likeness (QED) is 0.928. The van der Waals surface area contributed by atoms with Gasteiger partial charge < -0.3 is 15.2 Å². The van der Waals surface area contributed by atoms with E-state index in [9.17, 15) is 0 Å². The number of anilines is 1. The molecule has 1 aliphatic heterocycles. The zero-order valence-corrected chi connectivity index (χ0v) is 11.4. The molecule has 0 fully saturated rings. The van der Waals surface area contributed by atoms with Gasteiger partial charge in [0.15, 0.2) is 23.4 Å². The van der Waals surface area contributed by atoms with Gasteiger partial charge in [0, 0.05) is 11.8 Å². The lowest BCUT2D eigenvalue weighted by Crippen LogP contribution is -2.24. The molecule has 104 valence electrons. The number of benzene rings is 1. The molecule has 0 amide bonds. The summed E-state index contributed by atoms with van der Waals surface area (Å²) in [6, 6.07) is 9.39. The van der Waals surface area contributed by atoms with Crippen LogP contribution in [0.3, 0.4) is 0 Å². The van der Waals surface area contributed by atoms with Crippen LogP contribution >= 0.6 is 0 Å². The average molecular weight is 271 g/mol. The molecular weight excluding hydrogens is 254 g/mol. The van der Waals surface area contributed by atoms with Crippen molar-refractivity contribution in [2.45, 2.75) is 25.9 Å². The van der Waals surface area contributed by atoms with E-state index in [0.29, 0.717) is 24.0 Å². The lowest BCUT2D eigenvalue weighted by atomic mass is 10.2. The highest BCUT2D eigenvalue weighted by molar-refractivity contribution is 5.41. The van der Waals surface area contributed by atoms with Crippen LogP contribution in [-0.4, -0.2) is 16.6 Å². The summed E-state index contributed by atoms with van der Waals surface area (Å²) >= 11 is 0. The van der Waals surface area contributed by atoms with Crippen LogP contribution < -0.4 is 15.2 Å². The highest BCUT2D eigenvalue weighted by Crippen LogP contribution is 2.35.